The molecule has 1 heterocycles. The van der Waals surface area contributed by atoms with Gasteiger partial charge in [0, 0.05) is 31.5 Å². The van der Waals surface area contributed by atoms with Crippen molar-refractivity contribution in [2.24, 2.45) is 11.8 Å². The first-order valence-electron chi connectivity index (χ1n) is 6.21. The summed E-state index contributed by atoms with van der Waals surface area (Å²) >= 11 is 0. The third kappa shape index (κ3) is 2.51. The minimum Gasteiger partial charge on any atom is -0.396 e. The lowest BCUT2D eigenvalue weighted by Crippen LogP contribution is -2.35. The number of rotatable bonds is 2. The maximum atomic E-state index is 12.1. The zero-order valence-corrected chi connectivity index (χ0v) is 9.32. The Morgan fingerprint density at radius 1 is 1.20 bits per heavy atom. The number of aliphatic hydroxyl groups excluding tert-OH is 1. The van der Waals surface area contributed by atoms with Gasteiger partial charge in [0.2, 0.25) is 5.91 Å². The molecule has 3 heteroatoms. The number of carbonyl (C=O) groups is 1. The van der Waals surface area contributed by atoms with E-state index in [1.807, 2.05) is 4.90 Å². The van der Waals surface area contributed by atoms with E-state index < -0.39 is 0 Å². The number of hydrogen-bond donors (Lipinski definition) is 1. The van der Waals surface area contributed by atoms with Crippen molar-refractivity contribution in [3.8, 4) is 0 Å². The van der Waals surface area contributed by atoms with E-state index in [4.69, 9.17) is 5.11 Å². The van der Waals surface area contributed by atoms with Crippen molar-refractivity contribution >= 4 is 5.91 Å². The molecule has 1 unspecified atom stereocenters. The second kappa shape index (κ2) is 4.97. The molecule has 1 amide bonds. The quantitative estimate of drug-likeness (QED) is 0.750. The zero-order chi connectivity index (χ0) is 10.7. The van der Waals surface area contributed by atoms with Gasteiger partial charge in [0.1, 0.15) is 0 Å². The Morgan fingerprint density at radius 2 is 1.93 bits per heavy atom. The molecule has 0 spiro atoms. The first-order chi connectivity index (χ1) is 7.31. The van der Waals surface area contributed by atoms with Gasteiger partial charge in [0.05, 0.1) is 0 Å². The first-order valence-corrected chi connectivity index (χ1v) is 6.21. The average Bonchev–Trinajstić information content (AvgIpc) is 2.78. The van der Waals surface area contributed by atoms with E-state index in [1.54, 1.807) is 0 Å². The fourth-order valence-corrected chi connectivity index (χ4v) is 2.79. The summed E-state index contributed by atoms with van der Waals surface area (Å²) in [6, 6.07) is 0. The fourth-order valence-electron chi connectivity index (χ4n) is 2.79. The van der Waals surface area contributed by atoms with Crippen LogP contribution in [-0.4, -0.2) is 35.6 Å². The van der Waals surface area contributed by atoms with Gasteiger partial charge < -0.3 is 10.0 Å². The third-order valence-corrected chi connectivity index (χ3v) is 3.81. The molecule has 1 saturated carbocycles. The summed E-state index contributed by atoms with van der Waals surface area (Å²) in [5, 5.41) is 9.04. The molecule has 2 rings (SSSR count). The number of amides is 1. The van der Waals surface area contributed by atoms with E-state index in [2.05, 4.69) is 0 Å². The van der Waals surface area contributed by atoms with Crippen molar-refractivity contribution in [1.29, 1.82) is 0 Å². The molecule has 3 nitrogen and oxygen atoms in total. The Balaban J connectivity index is 1.85. The van der Waals surface area contributed by atoms with Crippen molar-refractivity contribution in [3.63, 3.8) is 0 Å². The molecule has 0 aromatic rings. The minimum atomic E-state index is 0.231. The zero-order valence-electron chi connectivity index (χ0n) is 9.32. The Morgan fingerprint density at radius 3 is 2.53 bits per heavy atom. The summed E-state index contributed by atoms with van der Waals surface area (Å²) in [6.45, 7) is 1.88. The third-order valence-electron chi connectivity index (χ3n) is 3.81. The highest BCUT2D eigenvalue weighted by molar-refractivity contribution is 5.79. The van der Waals surface area contributed by atoms with Crippen LogP contribution in [0, 0.1) is 11.8 Å². The van der Waals surface area contributed by atoms with Crippen LogP contribution in [0.5, 0.6) is 0 Å². The van der Waals surface area contributed by atoms with Crippen LogP contribution in [0.3, 0.4) is 0 Å². The first kappa shape index (κ1) is 10.9. The highest BCUT2D eigenvalue weighted by Crippen LogP contribution is 2.27. The van der Waals surface area contributed by atoms with Gasteiger partial charge in [-0.05, 0) is 19.3 Å². The Labute approximate surface area is 91.5 Å². The second-order valence-electron chi connectivity index (χ2n) is 4.96. The van der Waals surface area contributed by atoms with E-state index in [1.165, 1.54) is 19.3 Å². The molecular weight excluding hydrogens is 190 g/mol. The SMILES string of the molecule is O=C(C1CCCCC1)N1CCC(CO)C1. The highest BCUT2D eigenvalue weighted by Gasteiger charge is 2.30. The van der Waals surface area contributed by atoms with E-state index in [0.717, 1.165) is 32.4 Å². The normalized spacial score (nSPS) is 28.3. The number of aliphatic hydroxyl groups is 1. The van der Waals surface area contributed by atoms with Crippen LogP contribution < -0.4 is 0 Å². The molecule has 2 aliphatic rings. The van der Waals surface area contributed by atoms with Crippen molar-refractivity contribution in [1.82, 2.24) is 4.90 Å². The molecule has 0 bridgehead atoms. The van der Waals surface area contributed by atoms with Gasteiger partial charge in [-0.2, -0.15) is 0 Å². The summed E-state index contributed by atoms with van der Waals surface area (Å²) in [4.78, 5) is 14.1. The van der Waals surface area contributed by atoms with E-state index in [-0.39, 0.29) is 12.5 Å². The van der Waals surface area contributed by atoms with Gasteiger partial charge in [-0.3, -0.25) is 4.79 Å². The highest BCUT2D eigenvalue weighted by atomic mass is 16.3. The average molecular weight is 211 g/mol. The van der Waals surface area contributed by atoms with Crippen LogP contribution >= 0.6 is 0 Å². The van der Waals surface area contributed by atoms with Crippen molar-refractivity contribution in [3.05, 3.63) is 0 Å². The van der Waals surface area contributed by atoms with Gasteiger partial charge in [-0.25, -0.2) is 0 Å². The summed E-state index contributed by atoms with van der Waals surface area (Å²) in [5.74, 6) is 0.972. The number of nitrogens with zero attached hydrogens (tertiary/aromatic N) is 1. The molecule has 1 N–H and O–H groups in total. The van der Waals surface area contributed by atoms with Crippen LogP contribution in [0.4, 0.5) is 0 Å². The Bertz CT molecular complexity index is 224. The van der Waals surface area contributed by atoms with Crippen molar-refractivity contribution in [2.75, 3.05) is 19.7 Å². The molecule has 15 heavy (non-hydrogen) atoms. The van der Waals surface area contributed by atoms with Gasteiger partial charge in [0.25, 0.3) is 0 Å². The molecular formula is C12H21NO2. The van der Waals surface area contributed by atoms with E-state index >= 15 is 0 Å². The van der Waals surface area contributed by atoms with Crippen LogP contribution in [0.1, 0.15) is 38.5 Å². The van der Waals surface area contributed by atoms with Crippen LogP contribution in [0.15, 0.2) is 0 Å². The summed E-state index contributed by atoms with van der Waals surface area (Å²) in [6.07, 6.45) is 6.87. The lowest BCUT2D eigenvalue weighted by Gasteiger charge is -2.26. The molecule has 0 radical (unpaired) electrons. The molecule has 0 aromatic carbocycles. The van der Waals surface area contributed by atoms with Crippen LogP contribution in [-0.2, 0) is 4.79 Å². The van der Waals surface area contributed by atoms with Gasteiger partial charge in [-0.1, -0.05) is 19.3 Å². The van der Waals surface area contributed by atoms with Crippen LogP contribution in [0.2, 0.25) is 0 Å². The molecule has 1 saturated heterocycles. The maximum absolute atomic E-state index is 12.1. The van der Waals surface area contributed by atoms with E-state index in [0.29, 0.717) is 11.8 Å². The summed E-state index contributed by atoms with van der Waals surface area (Å²) in [5.41, 5.74) is 0. The van der Waals surface area contributed by atoms with Crippen molar-refractivity contribution < 1.29 is 9.90 Å². The number of likely N-dealkylation sites (tertiary alicyclic amines) is 1. The molecule has 2 fully saturated rings. The predicted molar refractivity (Wildman–Crippen MR) is 58.3 cm³/mol. The van der Waals surface area contributed by atoms with Crippen molar-refractivity contribution in [2.45, 2.75) is 38.5 Å². The molecule has 86 valence electrons. The molecule has 1 aliphatic carbocycles. The predicted octanol–water partition coefficient (Wildman–Crippen LogP) is 1.41. The molecule has 1 aliphatic heterocycles. The lowest BCUT2D eigenvalue weighted by atomic mass is 9.88. The van der Waals surface area contributed by atoms with E-state index in [9.17, 15) is 4.79 Å². The smallest absolute Gasteiger partial charge is 0.225 e. The summed E-state index contributed by atoms with van der Waals surface area (Å²) in [7, 11) is 0. The fraction of sp³-hybridized carbons (Fsp3) is 0.917. The minimum absolute atomic E-state index is 0.231. The molecule has 0 aromatic heterocycles. The topological polar surface area (TPSA) is 40.5 Å². The monoisotopic (exact) mass is 211 g/mol. The van der Waals surface area contributed by atoms with Gasteiger partial charge >= 0.3 is 0 Å². The van der Waals surface area contributed by atoms with Gasteiger partial charge in [0.15, 0.2) is 0 Å². The lowest BCUT2D eigenvalue weighted by molar-refractivity contribution is -0.135. The largest absolute Gasteiger partial charge is 0.396 e. The van der Waals surface area contributed by atoms with Gasteiger partial charge in [-0.15, -0.1) is 0 Å². The maximum Gasteiger partial charge on any atom is 0.225 e. The Hall–Kier alpha value is -0.570. The summed E-state index contributed by atoms with van der Waals surface area (Å²) < 4.78 is 0. The number of carbonyl (C=O) groups excluding carboxylic acids is 1. The number of hydrogen-bond acceptors (Lipinski definition) is 2. The second-order valence-corrected chi connectivity index (χ2v) is 4.96. The Kier molecular flexibility index (Phi) is 3.62. The van der Waals surface area contributed by atoms with Crippen LogP contribution in [0.25, 0.3) is 0 Å². The molecule has 1 atom stereocenters. The standard InChI is InChI=1S/C12H21NO2/c14-9-10-6-7-13(8-10)12(15)11-4-2-1-3-5-11/h10-11,14H,1-9H2.